The first-order valence-corrected chi connectivity index (χ1v) is 9.65. The van der Waals surface area contributed by atoms with Gasteiger partial charge in [-0.1, -0.05) is 29.8 Å². The standard InChI is InChI=1S/C17H19ClN2O4S/c1-12(20(25(3,22)23)14-7-5-4-6-8-14)17(21)19-15-11-13(18)9-10-16(15)24-2/h4-12H,1-3H3,(H,19,21)/t12-/m1/s1. The lowest BCUT2D eigenvalue weighted by atomic mass is 10.2. The molecule has 0 radical (unpaired) electrons. The van der Waals surface area contributed by atoms with Crippen molar-refractivity contribution in [3.8, 4) is 5.75 Å². The molecule has 2 aromatic carbocycles. The highest BCUT2D eigenvalue weighted by molar-refractivity contribution is 7.92. The number of hydrogen-bond acceptors (Lipinski definition) is 4. The van der Waals surface area contributed by atoms with Gasteiger partial charge >= 0.3 is 0 Å². The topological polar surface area (TPSA) is 75.7 Å². The van der Waals surface area contributed by atoms with E-state index in [9.17, 15) is 13.2 Å². The molecule has 0 aliphatic carbocycles. The molecule has 0 spiro atoms. The number of carbonyl (C=O) groups excluding carboxylic acids is 1. The van der Waals surface area contributed by atoms with E-state index in [1.165, 1.54) is 20.1 Å². The largest absolute Gasteiger partial charge is 0.495 e. The second kappa shape index (κ2) is 7.76. The van der Waals surface area contributed by atoms with Crippen LogP contribution >= 0.6 is 11.6 Å². The van der Waals surface area contributed by atoms with Crippen molar-refractivity contribution in [2.75, 3.05) is 23.0 Å². The lowest BCUT2D eigenvalue weighted by Gasteiger charge is -2.28. The zero-order chi connectivity index (χ0) is 18.6. The number of halogens is 1. The molecule has 0 saturated heterocycles. The molecule has 0 fully saturated rings. The van der Waals surface area contributed by atoms with Crippen LogP contribution in [0.15, 0.2) is 48.5 Å². The molecule has 0 aliphatic heterocycles. The Morgan fingerprint density at radius 1 is 1.20 bits per heavy atom. The van der Waals surface area contributed by atoms with Crippen molar-refractivity contribution in [2.45, 2.75) is 13.0 Å². The van der Waals surface area contributed by atoms with Gasteiger partial charge in [0.25, 0.3) is 0 Å². The number of amides is 1. The monoisotopic (exact) mass is 382 g/mol. The second-order valence-corrected chi connectivity index (χ2v) is 7.70. The first-order chi connectivity index (χ1) is 11.7. The Bertz CT molecular complexity index is 856. The van der Waals surface area contributed by atoms with Crippen LogP contribution in [0.2, 0.25) is 5.02 Å². The van der Waals surface area contributed by atoms with Crippen LogP contribution in [0.1, 0.15) is 6.92 Å². The van der Waals surface area contributed by atoms with Crippen LogP contribution in [0.4, 0.5) is 11.4 Å². The molecule has 134 valence electrons. The van der Waals surface area contributed by atoms with Crippen molar-refractivity contribution in [3.63, 3.8) is 0 Å². The van der Waals surface area contributed by atoms with Crippen molar-refractivity contribution in [3.05, 3.63) is 53.6 Å². The third-order valence-electron chi connectivity index (χ3n) is 3.52. The average Bonchev–Trinajstić information content (AvgIpc) is 2.55. The van der Waals surface area contributed by atoms with Gasteiger partial charge in [0.05, 0.1) is 24.7 Å². The van der Waals surface area contributed by atoms with E-state index < -0.39 is 22.0 Å². The third-order valence-corrected chi connectivity index (χ3v) is 5.00. The molecule has 1 N–H and O–H groups in total. The van der Waals surface area contributed by atoms with Gasteiger partial charge in [-0.15, -0.1) is 0 Å². The Hall–Kier alpha value is -2.25. The fourth-order valence-electron chi connectivity index (χ4n) is 2.40. The highest BCUT2D eigenvalue weighted by Crippen LogP contribution is 2.28. The fraction of sp³-hybridized carbons (Fsp3) is 0.235. The third kappa shape index (κ3) is 4.64. The number of ether oxygens (including phenoxy) is 1. The van der Waals surface area contributed by atoms with Gasteiger partial charge in [-0.05, 0) is 37.3 Å². The predicted molar refractivity (Wildman–Crippen MR) is 99.9 cm³/mol. The van der Waals surface area contributed by atoms with E-state index in [1.54, 1.807) is 42.5 Å². The van der Waals surface area contributed by atoms with Crippen molar-refractivity contribution in [1.29, 1.82) is 0 Å². The summed E-state index contributed by atoms with van der Waals surface area (Å²) in [7, 11) is -2.20. The molecule has 0 aliphatic rings. The summed E-state index contributed by atoms with van der Waals surface area (Å²) in [5.74, 6) is -0.0783. The number of benzene rings is 2. The van der Waals surface area contributed by atoms with E-state index in [0.29, 0.717) is 22.1 Å². The Balaban J connectivity index is 2.33. The quantitative estimate of drug-likeness (QED) is 0.832. The number of methoxy groups -OCH3 is 1. The summed E-state index contributed by atoms with van der Waals surface area (Å²) in [6, 6.07) is 12.3. The van der Waals surface area contributed by atoms with E-state index in [-0.39, 0.29) is 0 Å². The van der Waals surface area contributed by atoms with Crippen molar-refractivity contribution >= 4 is 38.9 Å². The molecule has 1 atom stereocenters. The summed E-state index contributed by atoms with van der Waals surface area (Å²) in [5.41, 5.74) is 0.777. The van der Waals surface area contributed by atoms with Gasteiger partial charge in [0.2, 0.25) is 15.9 Å². The molecular weight excluding hydrogens is 364 g/mol. The molecule has 25 heavy (non-hydrogen) atoms. The Kier molecular flexibility index (Phi) is 5.92. The summed E-state index contributed by atoms with van der Waals surface area (Å²) in [6.45, 7) is 1.51. The van der Waals surface area contributed by atoms with Gasteiger partial charge in [-0.3, -0.25) is 9.10 Å². The number of anilines is 2. The highest BCUT2D eigenvalue weighted by Gasteiger charge is 2.29. The van der Waals surface area contributed by atoms with Gasteiger partial charge in [0.15, 0.2) is 0 Å². The van der Waals surface area contributed by atoms with Crippen LogP contribution < -0.4 is 14.4 Å². The van der Waals surface area contributed by atoms with Crippen LogP contribution in [0, 0.1) is 0 Å². The first-order valence-electron chi connectivity index (χ1n) is 7.43. The van der Waals surface area contributed by atoms with E-state index in [1.807, 2.05) is 0 Å². The van der Waals surface area contributed by atoms with Crippen LogP contribution in [-0.2, 0) is 14.8 Å². The maximum absolute atomic E-state index is 12.6. The number of sulfonamides is 1. The smallest absolute Gasteiger partial charge is 0.248 e. The molecule has 8 heteroatoms. The minimum atomic E-state index is -3.66. The van der Waals surface area contributed by atoms with E-state index in [4.69, 9.17) is 16.3 Å². The van der Waals surface area contributed by atoms with Crippen molar-refractivity contribution in [1.82, 2.24) is 0 Å². The number of nitrogens with one attached hydrogen (secondary N) is 1. The minimum Gasteiger partial charge on any atom is -0.495 e. The van der Waals surface area contributed by atoms with Crippen molar-refractivity contribution in [2.24, 2.45) is 0 Å². The van der Waals surface area contributed by atoms with E-state index >= 15 is 0 Å². The molecule has 0 bridgehead atoms. The van der Waals surface area contributed by atoms with Crippen LogP contribution in [0.25, 0.3) is 0 Å². The van der Waals surface area contributed by atoms with Gasteiger partial charge in [0, 0.05) is 5.02 Å². The van der Waals surface area contributed by atoms with Gasteiger partial charge in [-0.2, -0.15) is 0 Å². The van der Waals surface area contributed by atoms with Gasteiger partial charge in [-0.25, -0.2) is 8.42 Å². The highest BCUT2D eigenvalue weighted by atomic mass is 35.5. The molecule has 2 aromatic rings. The van der Waals surface area contributed by atoms with Gasteiger partial charge in [0.1, 0.15) is 11.8 Å². The molecule has 2 rings (SSSR count). The number of nitrogens with zero attached hydrogens (tertiary/aromatic N) is 1. The summed E-state index contributed by atoms with van der Waals surface area (Å²) >= 11 is 5.95. The fourth-order valence-corrected chi connectivity index (χ4v) is 3.75. The van der Waals surface area contributed by atoms with E-state index in [0.717, 1.165) is 10.6 Å². The number of para-hydroxylation sites is 1. The van der Waals surface area contributed by atoms with Gasteiger partial charge < -0.3 is 10.1 Å². The first kappa shape index (κ1) is 19.1. The SMILES string of the molecule is COc1ccc(Cl)cc1NC(=O)[C@@H](C)N(c1ccccc1)S(C)(=O)=O. The Morgan fingerprint density at radius 3 is 2.40 bits per heavy atom. The zero-order valence-electron chi connectivity index (χ0n) is 14.1. The van der Waals surface area contributed by atoms with Crippen LogP contribution in [0.5, 0.6) is 5.75 Å². The molecule has 0 heterocycles. The molecule has 0 saturated carbocycles. The summed E-state index contributed by atoms with van der Waals surface area (Å²) in [4.78, 5) is 12.6. The van der Waals surface area contributed by atoms with Crippen LogP contribution in [0.3, 0.4) is 0 Å². The summed E-state index contributed by atoms with van der Waals surface area (Å²) < 4.78 is 30.7. The lowest BCUT2D eigenvalue weighted by Crippen LogP contribution is -2.45. The zero-order valence-corrected chi connectivity index (χ0v) is 15.6. The molecular formula is C17H19ClN2O4S. The lowest BCUT2D eigenvalue weighted by molar-refractivity contribution is -0.116. The van der Waals surface area contributed by atoms with Crippen LogP contribution in [-0.4, -0.2) is 33.7 Å². The average molecular weight is 383 g/mol. The van der Waals surface area contributed by atoms with E-state index in [2.05, 4.69) is 5.32 Å². The molecule has 0 unspecified atom stereocenters. The normalized spacial score (nSPS) is 12.3. The maximum atomic E-state index is 12.6. The summed E-state index contributed by atoms with van der Waals surface area (Å²) in [5, 5.41) is 3.09. The molecule has 6 nitrogen and oxygen atoms in total. The minimum absolute atomic E-state index is 0.369. The Morgan fingerprint density at radius 2 is 1.84 bits per heavy atom. The Labute approximate surface area is 152 Å². The number of carbonyl (C=O) groups is 1. The maximum Gasteiger partial charge on any atom is 0.248 e. The molecule has 1 amide bonds. The number of rotatable bonds is 6. The summed E-state index contributed by atoms with van der Waals surface area (Å²) in [6.07, 6.45) is 1.06. The predicted octanol–water partition coefficient (Wildman–Crippen LogP) is 3.14. The second-order valence-electron chi connectivity index (χ2n) is 5.40. The molecule has 0 aromatic heterocycles. The van der Waals surface area contributed by atoms with Crippen molar-refractivity contribution < 1.29 is 17.9 Å². The number of hydrogen-bond donors (Lipinski definition) is 1.